The van der Waals surface area contributed by atoms with Gasteiger partial charge in [0.1, 0.15) is 17.4 Å². The number of hydrogen-bond donors (Lipinski definition) is 1. The first kappa shape index (κ1) is 32.6. The third-order valence-electron chi connectivity index (χ3n) is 8.86. The molecule has 2 heterocycles. The predicted octanol–water partition coefficient (Wildman–Crippen LogP) is 10.2. The molecule has 5 aromatic carbocycles. The fraction of sp³-hybridized carbons (Fsp3) is 0.0976. The smallest absolute Gasteiger partial charge is 0.190 e. The van der Waals surface area contributed by atoms with Crippen LogP contribution in [-0.4, -0.2) is 19.6 Å². The topological polar surface area (TPSA) is 55.3 Å². The minimum atomic E-state index is -0.298. The summed E-state index contributed by atoms with van der Waals surface area (Å²) in [4.78, 5) is 13.3. The molecular formula is C41H30FN4OPt-. The molecule has 0 spiro atoms. The molecule has 5 nitrogen and oxygen atoms in total. The molecule has 0 amide bonds. The molecule has 7 heteroatoms. The molecule has 0 atom stereocenters. The zero-order valence-corrected chi connectivity index (χ0v) is 28.7. The van der Waals surface area contributed by atoms with Gasteiger partial charge in [-0.25, -0.2) is 14.2 Å². The Morgan fingerprint density at radius 2 is 1.54 bits per heavy atom. The fourth-order valence-electron chi connectivity index (χ4n) is 6.06. The maximum atomic E-state index is 13.9. The van der Waals surface area contributed by atoms with Gasteiger partial charge in [0.25, 0.3) is 0 Å². The minimum Gasteiger partial charge on any atom is -0.509 e. The van der Waals surface area contributed by atoms with E-state index in [1.807, 2.05) is 60.3 Å². The second-order valence-electron chi connectivity index (χ2n) is 12.1. The molecule has 2 aromatic heterocycles. The normalized spacial score (nSPS) is 11.2. The van der Waals surface area contributed by atoms with Crippen molar-refractivity contribution in [3.63, 3.8) is 0 Å². The largest absolute Gasteiger partial charge is 0.509 e. The van der Waals surface area contributed by atoms with Crippen molar-refractivity contribution in [2.24, 2.45) is 7.05 Å². The minimum absolute atomic E-state index is 0. The molecule has 0 aliphatic heterocycles. The number of aromatic hydroxyl groups is 1. The standard InChI is InChI=1S/C41H30FN4O.Pt/c1-41(2,30-9-6-5-7-10-30)31-15-20-36(44-25-31)29-22-27(26-13-16-32(42)17-14-26)21-28(23-29)34-11-8-12-37-39(34)45-40(46(37)4)35-19-18-33(43-3)24-38(35)47;/h5-22,24-25,47H,1-2,4H3;/q-1;. The van der Waals surface area contributed by atoms with Crippen molar-refractivity contribution < 1.29 is 30.6 Å². The molecule has 0 unspecified atom stereocenters. The van der Waals surface area contributed by atoms with Gasteiger partial charge in [-0.15, -0.1) is 23.8 Å². The zero-order valence-electron chi connectivity index (χ0n) is 26.5. The van der Waals surface area contributed by atoms with Gasteiger partial charge in [0.2, 0.25) is 0 Å². The number of fused-ring (bicyclic) bond motifs is 1. The van der Waals surface area contributed by atoms with Crippen LogP contribution in [-0.2, 0) is 33.5 Å². The van der Waals surface area contributed by atoms with Crippen molar-refractivity contribution >= 4 is 16.7 Å². The van der Waals surface area contributed by atoms with E-state index in [-0.39, 0.29) is 38.0 Å². The van der Waals surface area contributed by atoms with Crippen LogP contribution in [0.15, 0.2) is 121 Å². The van der Waals surface area contributed by atoms with Crippen LogP contribution in [0.2, 0.25) is 0 Å². The quantitative estimate of drug-likeness (QED) is 0.170. The van der Waals surface area contributed by atoms with Gasteiger partial charge in [0.15, 0.2) is 5.69 Å². The van der Waals surface area contributed by atoms with Crippen molar-refractivity contribution in [1.82, 2.24) is 14.5 Å². The maximum Gasteiger partial charge on any atom is 0.190 e. The number of aryl methyl sites for hydroxylation is 1. The van der Waals surface area contributed by atoms with E-state index >= 15 is 0 Å². The Balaban J connectivity index is 0.00000401. The summed E-state index contributed by atoms with van der Waals surface area (Å²) >= 11 is 0. The first-order valence-corrected chi connectivity index (χ1v) is 15.3. The van der Waals surface area contributed by atoms with Crippen LogP contribution in [0.4, 0.5) is 10.1 Å². The SMILES string of the molecule is [C-]#[N+]c1ccc(-c2nc3c(-c4[c-]c(-c5ccc(C(C)(C)c6ccccc6)cn5)cc(-c5ccc(F)cc5)c4)cccc3n2C)c(O)c1.[Pt]. The van der Waals surface area contributed by atoms with Gasteiger partial charge in [0, 0.05) is 45.4 Å². The van der Waals surface area contributed by atoms with Crippen LogP contribution < -0.4 is 0 Å². The summed E-state index contributed by atoms with van der Waals surface area (Å²) in [7, 11) is 1.91. The van der Waals surface area contributed by atoms with Crippen LogP contribution in [0.5, 0.6) is 5.75 Å². The molecule has 0 fully saturated rings. The molecule has 0 aliphatic carbocycles. The number of pyridine rings is 1. The summed E-state index contributed by atoms with van der Waals surface area (Å²) < 4.78 is 15.8. The second kappa shape index (κ2) is 13.0. The third-order valence-corrected chi connectivity index (χ3v) is 8.86. The molecule has 238 valence electrons. The summed E-state index contributed by atoms with van der Waals surface area (Å²) in [6.45, 7) is 11.7. The Hall–Kier alpha value is -5.37. The van der Waals surface area contributed by atoms with Crippen molar-refractivity contribution in [2.45, 2.75) is 19.3 Å². The second-order valence-corrected chi connectivity index (χ2v) is 12.1. The molecule has 7 rings (SSSR count). The summed E-state index contributed by atoms with van der Waals surface area (Å²) in [5.74, 6) is 0.277. The van der Waals surface area contributed by atoms with Crippen molar-refractivity contribution in [3.8, 4) is 50.6 Å². The van der Waals surface area contributed by atoms with E-state index in [4.69, 9.17) is 16.5 Å². The average Bonchev–Trinajstić information content (AvgIpc) is 3.44. The molecule has 0 bridgehead atoms. The third kappa shape index (κ3) is 5.94. The van der Waals surface area contributed by atoms with E-state index in [0.717, 1.165) is 50.1 Å². The maximum absolute atomic E-state index is 13.9. The Kier molecular flexibility index (Phi) is 8.84. The molecule has 0 saturated heterocycles. The van der Waals surface area contributed by atoms with E-state index in [2.05, 4.69) is 55.1 Å². The number of halogens is 1. The fourth-order valence-corrected chi connectivity index (χ4v) is 6.06. The number of rotatable bonds is 6. The summed E-state index contributed by atoms with van der Waals surface area (Å²) in [6, 6.07) is 39.5. The molecule has 48 heavy (non-hydrogen) atoms. The molecule has 7 aromatic rings. The van der Waals surface area contributed by atoms with Gasteiger partial charge in [-0.05, 0) is 41.0 Å². The van der Waals surface area contributed by atoms with Gasteiger partial charge < -0.3 is 9.67 Å². The zero-order chi connectivity index (χ0) is 32.7. The summed E-state index contributed by atoms with van der Waals surface area (Å²) in [6.07, 6.45) is 1.93. The molecule has 1 N–H and O–H groups in total. The number of nitrogens with zero attached hydrogens (tertiary/aromatic N) is 4. The number of aromatic nitrogens is 3. The van der Waals surface area contributed by atoms with E-state index < -0.39 is 0 Å². The van der Waals surface area contributed by atoms with Crippen LogP contribution in [0.3, 0.4) is 0 Å². The van der Waals surface area contributed by atoms with Gasteiger partial charge in [-0.3, -0.25) is 4.98 Å². The first-order valence-electron chi connectivity index (χ1n) is 15.3. The predicted molar refractivity (Wildman–Crippen MR) is 186 cm³/mol. The number of imidazole rings is 1. The van der Waals surface area contributed by atoms with Gasteiger partial charge in [-0.2, -0.15) is 0 Å². The van der Waals surface area contributed by atoms with Crippen LogP contribution in [0.25, 0.3) is 60.8 Å². The molecular weight excluding hydrogens is 779 g/mol. The molecule has 0 radical (unpaired) electrons. The number of para-hydroxylation sites is 1. The number of hydrogen-bond acceptors (Lipinski definition) is 3. The van der Waals surface area contributed by atoms with E-state index in [0.29, 0.717) is 17.1 Å². The summed E-state index contributed by atoms with van der Waals surface area (Å²) in [5.41, 5.74) is 9.57. The van der Waals surface area contributed by atoms with E-state index in [9.17, 15) is 9.50 Å². The summed E-state index contributed by atoms with van der Waals surface area (Å²) in [5, 5.41) is 10.8. The molecule has 0 aliphatic rings. The number of phenols is 1. The van der Waals surface area contributed by atoms with Crippen LogP contribution in [0.1, 0.15) is 25.0 Å². The number of benzene rings is 5. The van der Waals surface area contributed by atoms with Crippen molar-refractivity contribution in [2.75, 3.05) is 0 Å². The van der Waals surface area contributed by atoms with Crippen molar-refractivity contribution in [1.29, 1.82) is 0 Å². The Labute approximate surface area is 293 Å². The van der Waals surface area contributed by atoms with Gasteiger partial charge in [0.05, 0.1) is 23.2 Å². The van der Waals surface area contributed by atoms with Gasteiger partial charge >= 0.3 is 0 Å². The molecule has 0 saturated carbocycles. The van der Waals surface area contributed by atoms with E-state index in [1.165, 1.54) is 23.8 Å². The number of phenolic OH excluding ortho intramolecular Hbond substituents is 1. The van der Waals surface area contributed by atoms with Crippen LogP contribution >= 0.6 is 0 Å². The Morgan fingerprint density at radius 3 is 2.23 bits per heavy atom. The average molecular weight is 809 g/mol. The monoisotopic (exact) mass is 808 g/mol. The first-order chi connectivity index (χ1) is 22.7. The van der Waals surface area contributed by atoms with Gasteiger partial charge in [-0.1, -0.05) is 109 Å². The Morgan fingerprint density at radius 1 is 0.792 bits per heavy atom. The van der Waals surface area contributed by atoms with E-state index in [1.54, 1.807) is 24.3 Å². The van der Waals surface area contributed by atoms with Crippen LogP contribution in [0, 0.1) is 18.5 Å². The Bertz CT molecular complexity index is 2310. The van der Waals surface area contributed by atoms with Crippen molar-refractivity contribution in [3.05, 3.63) is 156 Å².